The second-order valence-electron chi connectivity index (χ2n) is 8.01. The van der Waals surface area contributed by atoms with E-state index in [4.69, 9.17) is 0 Å². The van der Waals surface area contributed by atoms with E-state index in [1.807, 2.05) is 0 Å². The first-order valence-corrected chi connectivity index (χ1v) is 8.15. The fraction of sp³-hybridized carbons (Fsp3) is 1.00. The lowest BCUT2D eigenvalue weighted by atomic mass is 9.73. The van der Waals surface area contributed by atoms with Gasteiger partial charge in [0.1, 0.15) is 0 Å². The molecule has 0 radical (unpaired) electrons. The number of nitrogens with one attached hydrogen (secondary N) is 1. The standard InChI is InChI=1S/C17H33N/c1-6-18-16(9-12(2)17(3,4)5)15-11-13-7-8-14(15)10-13/h12-16,18H,6-11H2,1-5H3. The van der Waals surface area contributed by atoms with Gasteiger partial charge in [-0.3, -0.25) is 0 Å². The Bertz CT molecular complexity index is 265. The molecular weight excluding hydrogens is 218 g/mol. The van der Waals surface area contributed by atoms with Gasteiger partial charge in [0.2, 0.25) is 0 Å². The van der Waals surface area contributed by atoms with Crippen molar-refractivity contribution in [1.29, 1.82) is 0 Å². The molecule has 2 aliphatic carbocycles. The van der Waals surface area contributed by atoms with E-state index in [0.29, 0.717) is 5.41 Å². The van der Waals surface area contributed by atoms with Gasteiger partial charge in [-0.1, -0.05) is 41.0 Å². The van der Waals surface area contributed by atoms with Crippen LogP contribution < -0.4 is 5.32 Å². The monoisotopic (exact) mass is 251 g/mol. The maximum atomic E-state index is 3.81. The maximum absolute atomic E-state index is 3.81. The summed E-state index contributed by atoms with van der Waals surface area (Å²) < 4.78 is 0. The van der Waals surface area contributed by atoms with Crippen molar-refractivity contribution >= 4 is 0 Å². The van der Waals surface area contributed by atoms with Crippen molar-refractivity contribution in [3.8, 4) is 0 Å². The number of hydrogen-bond donors (Lipinski definition) is 1. The first-order chi connectivity index (χ1) is 8.41. The van der Waals surface area contributed by atoms with Gasteiger partial charge in [0, 0.05) is 6.04 Å². The molecule has 1 N–H and O–H groups in total. The third-order valence-corrected chi connectivity index (χ3v) is 5.86. The lowest BCUT2D eigenvalue weighted by molar-refractivity contribution is 0.169. The average molecular weight is 251 g/mol. The summed E-state index contributed by atoms with van der Waals surface area (Å²) in [6, 6.07) is 0.777. The lowest BCUT2D eigenvalue weighted by Gasteiger charge is -2.36. The van der Waals surface area contributed by atoms with Gasteiger partial charge in [0.25, 0.3) is 0 Å². The summed E-state index contributed by atoms with van der Waals surface area (Å²) in [7, 11) is 0. The molecule has 2 bridgehead atoms. The Morgan fingerprint density at radius 2 is 1.89 bits per heavy atom. The highest BCUT2D eigenvalue weighted by Gasteiger charge is 2.43. The zero-order chi connectivity index (χ0) is 13.3. The predicted molar refractivity (Wildman–Crippen MR) is 79.6 cm³/mol. The van der Waals surface area contributed by atoms with E-state index in [0.717, 1.165) is 36.3 Å². The molecule has 0 heterocycles. The van der Waals surface area contributed by atoms with Crippen LogP contribution >= 0.6 is 0 Å². The van der Waals surface area contributed by atoms with Gasteiger partial charge in [-0.05, 0) is 61.3 Å². The molecule has 0 saturated heterocycles. The molecule has 2 aliphatic rings. The van der Waals surface area contributed by atoms with Crippen molar-refractivity contribution in [2.75, 3.05) is 6.54 Å². The highest BCUT2D eigenvalue weighted by Crippen LogP contribution is 2.50. The SMILES string of the molecule is CCNC(CC(C)C(C)(C)C)C1CC2CCC1C2. The Morgan fingerprint density at radius 1 is 1.17 bits per heavy atom. The normalized spacial score (nSPS) is 34.8. The summed E-state index contributed by atoms with van der Waals surface area (Å²) in [5.41, 5.74) is 0.450. The van der Waals surface area contributed by atoms with E-state index < -0.39 is 0 Å². The maximum Gasteiger partial charge on any atom is 0.0101 e. The smallest absolute Gasteiger partial charge is 0.0101 e. The van der Waals surface area contributed by atoms with E-state index in [9.17, 15) is 0 Å². The number of rotatable bonds is 5. The van der Waals surface area contributed by atoms with Crippen LogP contribution in [0.5, 0.6) is 0 Å². The summed E-state index contributed by atoms with van der Waals surface area (Å²) in [5.74, 6) is 3.91. The molecule has 0 aromatic rings. The third-order valence-electron chi connectivity index (χ3n) is 5.86. The van der Waals surface area contributed by atoms with E-state index in [1.54, 1.807) is 0 Å². The minimum Gasteiger partial charge on any atom is -0.314 e. The topological polar surface area (TPSA) is 12.0 Å². The predicted octanol–water partition coefficient (Wildman–Crippen LogP) is 4.47. The number of hydrogen-bond acceptors (Lipinski definition) is 1. The first-order valence-electron chi connectivity index (χ1n) is 8.15. The van der Waals surface area contributed by atoms with Crippen LogP contribution in [0.25, 0.3) is 0 Å². The number of fused-ring (bicyclic) bond motifs is 2. The molecule has 0 aliphatic heterocycles. The molecule has 2 saturated carbocycles. The molecule has 0 amide bonds. The molecule has 2 rings (SSSR count). The minimum absolute atomic E-state index is 0.450. The summed E-state index contributed by atoms with van der Waals surface area (Å²) >= 11 is 0. The fourth-order valence-electron chi connectivity index (χ4n) is 4.19. The van der Waals surface area contributed by atoms with Crippen molar-refractivity contribution < 1.29 is 0 Å². The van der Waals surface area contributed by atoms with Crippen LogP contribution in [0.15, 0.2) is 0 Å². The Morgan fingerprint density at radius 3 is 2.33 bits per heavy atom. The molecule has 0 aromatic heterocycles. The zero-order valence-electron chi connectivity index (χ0n) is 13.1. The third kappa shape index (κ3) is 3.10. The largest absolute Gasteiger partial charge is 0.314 e. The molecule has 106 valence electrons. The van der Waals surface area contributed by atoms with Crippen LogP contribution in [0.1, 0.15) is 66.7 Å². The van der Waals surface area contributed by atoms with Gasteiger partial charge in [-0.2, -0.15) is 0 Å². The summed E-state index contributed by atoms with van der Waals surface area (Å²) in [5, 5.41) is 3.81. The van der Waals surface area contributed by atoms with Gasteiger partial charge in [0.15, 0.2) is 0 Å². The highest BCUT2D eigenvalue weighted by atomic mass is 14.9. The summed E-state index contributed by atoms with van der Waals surface area (Å²) in [6.07, 6.45) is 7.46. The van der Waals surface area contributed by atoms with Gasteiger partial charge in [-0.25, -0.2) is 0 Å². The van der Waals surface area contributed by atoms with Crippen LogP contribution in [0.2, 0.25) is 0 Å². The second-order valence-corrected chi connectivity index (χ2v) is 8.01. The van der Waals surface area contributed by atoms with Gasteiger partial charge < -0.3 is 5.32 Å². The molecule has 0 spiro atoms. The van der Waals surface area contributed by atoms with Crippen LogP contribution in [-0.4, -0.2) is 12.6 Å². The Kier molecular flexibility index (Phi) is 4.41. The van der Waals surface area contributed by atoms with E-state index >= 15 is 0 Å². The van der Waals surface area contributed by atoms with Gasteiger partial charge >= 0.3 is 0 Å². The van der Waals surface area contributed by atoms with Crippen molar-refractivity contribution in [2.45, 2.75) is 72.8 Å². The second kappa shape index (κ2) is 5.53. The Labute approximate surface area is 114 Å². The molecule has 5 unspecified atom stereocenters. The van der Waals surface area contributed by atoms with Crippen LogP contribution in [-0.2, 0) is 0 Å². The minimum atomic E-state index is 0.450. The van der Waals surface area contributed by atoms with Crippen molar-refractivity contribution in [1.82, 2.24) is 5.32 Å². The highest BCUT2D eigenvalue weighted by molar-refractivity contribution is 4.96. The quantitative estimate of drug-likeness (QED) is 0.760. The van der Waals surface area contributed by atoms with Gasteiger partial charge in [0.05, 0.1) is 0 Å². The van der Waals surface area contributed by atoms with E-state index in [2.05, 4.69) is 39.9 Å². The van der Waals surface area contributed by atoms with Crippen molar-refractivity contribution in [3.05, 3.63) is 0 Å². The molecular formula is C17H33N. The van der Waals surface area contributed by atoms with Crippen LogP contribution in [0.4, 0.5) is 0 Å². The first kappa shape index (κ1) is 14.4. The molecule has 2 fully saturated rings. The summed E-state index contributed by atoms with van der Waals surface area (Å²) in [6.45, 7) is 13.0. The fourth-order valence-corrected chi connectivity index (χ4v) is 4.19. The van der Waals surface area contributed by atoms with Crippen LogP contribution in [0, 0.1) is 29.1 Å². The average Bonchev–Trinajstić information content (AvgIpc) is 2.88. The van der Waals surface area contributed by atoms with Crippen LogP contribution in [0.3, 0.4) is 0 Å². The van der Waals surface area contributed by atoms with Gasteiger partial charge in [-0.15, -0.1) is 0 Å². The van der Waals surface area contributed by atoms with Crippen molar-refractivity contribution in [2.24, 2.45) is 29.1 Å². The molecule has 5 atom stereocenters. The van der Waals surface area contributed by atoms with E-state index in [-0.39, 0.29) is 0 Å². The van der Waals surface area contributed by atoms with E-state index in [1.165, 1.54) is 32.1 Å². The Hall–Kier alpha value is -0.0400. The molecule has 0 aromatic carbocycles. The Balaban J connectivity index is 1.96. The molecule has 1 heteroatoms. The van der Waals surface area contributed by atoms with Crippen molar-refractivity contribution in [3.63, 3.8) is 0 Å². The molecule has 1 nitrogen and oxygen atoms in total. The summed E-state index contributed by atoms with van der Waals surface area (Å²) in [4.78, 5) is 0. The lowest BCUT2D eigenvalue weighted by Crippen LogP contribution is -2.41. The zero-order valence-corrected chi connectivity index (χ0v) is 13.1. The molecule has 18 heavy (non-hydrogen) atoms.